The molecule has 1 aliphatic heterocycles. The number of rotatable bonds is 1. The maximum Gasteiger partial charge on any atom is 0.407 e. The van der Waals surface area contributed by atoms with Gasteiger partial charge in [0.15, 0.2) is 0 Å². The zero-order chi connectivity index (χ0) is 6.69. The minimum Gasteiger partial charge on any atom is -0.444 e. The SMILES string of the molecule is O=C1NCCC(CO)O1. The Balaban J connectivity index is 2.32. The van der Waals surface area contributed by atoms with Crippen LogP contribution in [0.5, 0.6) is 0 Å². The van der Waals surface area contributed by atoms with Crippen LogP contribution < -0.4 is 5.32 Å². The number of hydrogen-bond donors (Lipinski definition) is 2. The van der Waals surface area contributed by atoms with Gasteiger partial charge in [-0.05, 0) is 0 Å². The molecule has 9 heavy (non-hydrogen) atoms. The predicted octanol–water partition coefficient (Wildman–Crippen LogP) is -0.523. The molecule has 1 heterocycles. The summed E-state index contributed by atoms with van der Waals surface area (Å²) in [5.41, 5.74) is 0. The Kier molecular flexibility index (Phi) is 1.89. The Morgan fingerprint density at radius 1 is 1.89 bits per heavy atom. The first-order valence-corrected chi connectivity index (χ1v) is 2.88. The summed E-state index contributed by atoms with van der Waals surface area (Å²) in [5, 5.41) is 11.0. The van der Waals surface area contributed by atoms with Gasteiger partial charge in [-0.2, -0.15) is 0 Å². The lowest BCUT2D eigenvalue weighted by Crippen LogP contribution is -2.39. The summed E-state index contributed by atoms with van der Waals surface area (Å²) in [6.07, 6.45) is -0.0264. The number of ether oxygens (including phenoxy) is 1. The summed E-state index contributed by atoms with van der Waals surface area (Å²) in [7, 11) is 0. The van der Waals surface area contributed by atoms with Gasteiger partial charge in [-0.3, -0.25) is 0 Å². The molecular formula is C5H9NO3. The summed E-state index contributed by atoms with van der Waals surface area (Å²) in [6.45, 7) is 0.525. The van der Waals surface area contributed by atoms with E-state index in [2.05, 4.69) is 10.1 Å². The molecule has 1 saturated heterocycles. The number of aliphatic hydroxyl groups excluding tert-OH is 1. The molecule has 1 atom stereocenters. The average molecular weight is 131 g/mol. The van der Waals surface area contributed by atoms with Crippen LogP contribution in [-0.4, -0.2) is 30.5 Å². The summed E-state index contributed by atoms with van der Waals surface area (Å²) >= 11 is 0. The zero-order valence-corrected chi connectivity index (χ0v) is 4.96. The van der Waals surface area contributed by atoms with E-state index < -0.39 is 6.09 Å². The molecule has 0 spiro atoms. The van der Waals surface area contributed by atoms with Crippen molar-refractivity contribution in [1.82, 2.24) is 5.32 Å². The van der Waals surface area contributed by atoms with Crippen LogP contribution in [-0.2, 0) is 4.74 Å². The second kappa shape index (κ2) is 2.68. The molecule has 0 aliphatic carbocycles. The molecule has 1 rings (SSSR count). The Morgan fingerprint density at radius 2 is 2.67 bits per heavy atom. The van der Waals surface area contributed by atoms with E-state index in [0.29, 0.717) is 13.0 Å². The fourth-order valence-corrected chi connectivity index (χ4v) is 0.716. The number of alkyl carbamates (subject to hydrolysis) is 1. The van der Waals surface area contributed by atoms with Crippen LogP contribution in [0.25, 0.3) is 0 Å². The van der Waals surface area contributed by atoms with Crippen molar-refractivity contribution in [2.24, 2.45) is 0 Å². The number of carbonyl (C=O) groups is 1. The number of aliphatic hydroxyl groups is 1. The molecule has 0 radical (unpaired) electrons. The van der Waals surface area contributed by atoms with Gasteiger partial charge >= 0.3 is 6.09 Å². The number of carbonyl (C=O) groups excluding carboxylic acids is 1. The molecule has 1 unspecified atom stereocenters. The van der Waals surface area contributed by atoms with Crippen molar-refractivity contribution in [1.29, 1.82) is 0 Å². The number of cyclic esters (lactones) is 1. The molecule has 1 amide bonds. The van der Waals surface area contributed by atoms with E-state index >= 15 is 0 Å². The third-order valence-corrected chi connectivity index (χ3v) is 1.21. The van der Waals surface area contributed by atoms with Crippen LogP contribution in [0, 0.1) is 0 Å². The lowest BCUT2D eigenvalue weighted by atomic mass is 10.2. The van der Waals surface area contributed by atoms with Crippen LogP contribution in [0.3, 0.4) is 0 Å². The summed E-state index contributed by atoms with van der Waals surface area (Å²) in [5.74, 6) is 0. The minimum absolute atomic E-state index is 0.0760. The van der Waals surface area contributed by atoms with Gasteiger partial charge in [0.25, 0.3) is 0 Å². The third-order valence-electron chi connectivity index (χ3n) is 1.21. The quantitative estimate of drug-likeness (QED) is 0.503. The van der Waals surface area contributed by atoms with Crippen LogP contribution >= 0.6 is 0 Å². The molecule has 0 aromatic rings. The van der Waals surface area contributed by atoms with E-state index in [1.165, 1.54) is 0 Å². The maximum atomic E-state index is 10.4. The number of hydrogen-bond acceptors (Lipinski definition) is 3. The van der Waals surface area contributed by atoms with Crippen molar-refractivity contribution in [3.8, 4) is 0 Å². The summed E-state index contributed by atoms with van der Waals surface area (Å²) in [6, 6.07) is 0. The highest BCUT2D eigenvalue weighted by Gasteiger charge is 2.17. The van der Waals surface area contributed by atoms with Gasteiger partial charge in [-0.1, -0.05) is 0 Å². The highest BCUT2D eigenvalue weighted by atomic mass is 16.6. The van der Waals surface area contributed by atoms with Crippen molar-refractivity contribution in [3.63, 3.8) is 0 Å². The predicted molar refractivity (Wildman–Crippen MR) is 30.0 cm³/mol. The smallest absolute Gasteiger partial charge is 0.407 e. The summed E-state index contributed by atoms with van der Waals surface area (Å²) < 4.78 is 4.64. The number of nitrogens with one attached hydrogen (secondary N) is 1. The van der Waals surface area contributed by atoms with Crippen LogP contribution in [0.15, 0.2) is 0 Å². The van der Waals surface area contributed by atoms with Gasteiger partial charge in [0.1, 0.15) is 6.10 Å². The highest BCUT2D eigenvalue weighted by Crippen LogP contribution is 2.01. The number of amides is 1. The summed E-state index contributed by atoms with van der Waals surface area (Å²) in [4.78, 5) is 10.4. The van der Waals surface area contributed by atoms with E-state index in [0.717, 1.165) is 0 Å². The van der Waals surface area contributed by atoms with E-state index in [-0.39, 0.29) is 12.7 Å². The molecule has 1 aliphatic rings. The van der Waals surface area contributed by atoms with Crippen molar-refractivity contribution in [3.05, 3.63) is 0 Å². The first kappa shape index (κ1) is 6.35. The van der Waals surface area contributed by atoms with E-state index in [4.69, 9.17) is 5.11 Å². The molecule has 4 heteroatoms. The van der Waals surface area contributed by atoms with Crippen LogP contribution in [0.1, 0.15) is 6.42 Å². The van der Waals surface area contributed by atoms with E-state index in [1.807, 2.05) is 0 Å². The standard InChI is InChI=1S/C5H9NO3/c7-3-4-1-2-6-5(8)9-4/h4,7H,1-3H2,(H,6,8). The van der Waals surface area contributed by atoms with Gasteiger partial charge in [-0.25, -0.2) is 4.79 Å². The lowest BCUT2D eigenvalue weighted by Gasteiger charge is -2.20. The first-order valence-electron chi connectivity index (χ1n) is 2.88. The molecule has 0 aromatic carbocycles. The van der Waals surface area contributed by atoms with Crippen molar-refractivity contribution >= 4 is 6.09 Å². The second-order valence-electron chi connectivity index (χ2n) is 1.93. The normalized spacial score (nSPS) is 26.8. The molecule has 2 N–H and O–H groups in total. The highest BCUT2D eigenvalue weighted by molar-refractivity contribution is 5.67. The zero-order valence-electron chi connectivity index (χ0n) is 4.96. The van der Waals surface area contributed by atoms with Crippen molar-refractivity contribution in [2.45, 2.75) is 12.5 Å². The second-order valence-corrected chi connectivity index (χ2v) is 1.93. The third kappa shape index (κ3) is 1.57. The Morgan fingerprint density at radius 3 is 3.11 bits per heavy atom. The molecular weight excluding hydrogens is 122 g/mol. The fourth-order valence-electron chi connectivity index (χ4n) is 0.716. The molecule has 1 fully saturated rings. The Hall–Kier alpha value is -0.770. The monoisotopic (exact) mass is 131 g/mol. The molecule has 52 valence electrons. The maximum absolute atomic E-state index is 10.4. The Bertz CT molecular complexity index is 115. The molecule has 0 saturated carbocycles. The van der Waals surface area contributed by atoms with Gasteiger partial charge in [0.2, 0.25) is 0 Å². The lowest BCUT2D eigenvalue weighted by molar-refractivity contribution is 0.0374. The van der Waals surface area contributed by atoms with E-state index in [1.54, 1.807) is 0 Å². The van der Waals surface area contributed by atoms with Gasteiger partial charge < -0.3 is 15.2 Å². The van der Waals surface area contributed by atoms with E-state index in [9.17, 15) is 4.79 Å². The minimum atomic E-state index is -0.430. The topological polar surface area (TPSA) is 58.6 Å². The first-order chi connectivity index (χ1) is 4.33. The van der Waals surface area contributed by atoms with Gasteiger partial charge in [0, 0.05) is 13.0 Å². The van der Waals surface area contributed by atoms with Crippen molar-refractivity contribution in [2.75, 3.05) is 13.2 Å². The largest absolute Gasteiger partial charge is 0.444 e. The fraction of sp³-hybridized carbons (Fsp3) is 0.800. The van der Waals surface area contributed by atoms with Gasteiger partial charge in [0.05, 0.1) is 6.61 Å². The van der Waals surface area contributed by atoms with Crippen molar-refractivity contribution < 1.29 is 14.6 Å². The Labute approximate surface area is 52.8 Å². The average Bonchev–Trinajstić information content (AvgIpc) is 1.88. The molecule has 0 aromatic heterocycles. The molecule has 4 nitrogen and oxygen atoms in total. The molecule has 0 bridgehead atoms. The van der Waals surface area contributed by atoms with Crippen LogP contribution in [0.2, 0.25) is 0 Å². The van der Waals surface area contributed by atoms with Crippen LogP contribution in [0.4, 0.5) is 4.79 Å². The van der Waals surface area contributed by atoms with Gasteiger partial charge in [-0.15, -0.1) is 0 Å².